The van der Waals surface area contributed by atoms with Crippen molar-refractivity contribution in [2.45, 2.75) is 19.3 Å². The van der Waals surface area contributed by atoms with E-state index in [0.29, 0.717) is 24.5 Å². The molecule has 0 fully saturated rings. The number of aromatic carboxylic acids is 1. The van der Waals surface area contributed by atoms with E-state index in [1.54, 1.807) is 6.07 Å². The lowest BCUT2D eigenvalue weighted by atomic mass is 10.2. The molecule has 3 N–H and O–H groups in total. The Morgan fingerprint density at radius 2 is 2.24 bits per heavy atom. The molecule has 90 valence electrons. The number of rotatable bonds is 6. The summed E-state index contributed by atoms with van der Waals surface area (Å²) in [6.07, 6.45) is 2.06. The van der Waals surface area contributed by atoms with Crippen LogP contribution in [-0.2, 0) is 0 Å². The first-order valence-electron chi connectivity index (χ1n) is 5.27. The number of nitrogens with two attached hydrogens (primary N) is 1. The molecule has 0 amide bonds. The highest BCUT2D eigenvalue weighted by atomic mass is 16.5. The fourth-order valence-corrected chi connectivity index (χ4v) is 1.30. The standard InChI is InChI=1S/C12H14N2O3/c13-6-2-1-3-7-17-11-5-4-9(12(15)16)8-10(11)14/h4-5,8H,1-3,7,14H2,(H,15,16). The molecule has 0 saturated heterocycles. The number of carbonyl (C=O) groups is 1. The van der Waals surface area contributed by atoms with Crippen molar-refractivity contribution in [2.75, 3.05) is 12.3 Å². The van der Waals surface area contributed by atoms with Crippen LogP contribution in [0.3, 0.4) is 0 Å². The average molecular weight is 234 g/mol. The summed E-state index contributed by atoms with van der Waals surface area (Å²) < 4.78 is 5.39. The number of nitriles is 1. The Bertz CT molecular complexity index is 438. The Morgan fingerprint density at radius 3 is 2.82 bits per heavy atom. The van der Waals surface area contributed by atoms with Gasteiger partial charge in [0.1, 0.15) is 5.75 Å². The number of hydrogen-bond acceptors (Lipinski definition) is 4. The summed E-state index contributed by atoms with van der Waals surface area (Å²) in [5.74, 6) is -0.538. The molecule has 5 heteroatoms. The molecule has 0 bridgehead atoms. The van der Waals surface area contributed by atoms with E-state index >= 15 is 0 Å². The van der Waals surface area contributed by atoms with Gasteiger partial charge < -0.3 is 15.6 Å². The van der Waals surface area contributed by atoms with E-state index in [0.717, 1.165) is 12.8 Å². The Balaban J connectivity index is 2.50. The maximum absolute atomic E-state index is 10.7. The zero-order valence-electron chi connectivity index (χ0n) is 9.35. The van der Waals surface area contributed by atoms with Gasteiger partial charge in [-0.15, -0.1) is 0 Å². The second-order valence-electron chi connectivity index (χ2n) is 3.52. The van der Waals surface area contributed by atoms with Crippen molar-refractivity contribution < 1.29 is 14.6 Å². The molecule has 17 heavy (non-hydrogen) atoms. The molecule has 0 aliphatic heterocycles. The van der Waals surface area contributed by atoms with E-state index < -0.39 is 5.97 Å². The highest BCUT2D eigenvalue weighted by Crippen LogP contribution is 2.22. The van der Waals surface area contributed by atoms with E-state index in [2.05, 4.69) is 6.07 Å². The minimum Gasteiger partial charge on any atom is -0.491 e. The van der Waals surface area contributed by atoms with Gasteiger partial charge in [-0.3, -0.25) is 0 Å². The third-order valence-electron chi connectivity index (χ3n) is 2.20. The van der Waals surface area contributed by atoms with Crippen LogP contribution >= 0.6 is 0 Å². The van der Waals surface area contributed by atoms with Crippen molar-refractivity contribution in [3.05, 3.63) is 23.8 Å². The van der Waals surface area contributed by atoms with Crippen LogP contribution in [0.25, 0.3) is 0 Å². The third kappa shape index (κ3) is 4.03. The van der Waals surface area contributed by atoms with Crippen LogP contribution in [0, 0.1) is 11.3 Å². The van der Waals surface area contributed by atoms with Crippen molar-refractivity contribution >= 4 is 11.7 Å². The number of carboxylic acid groups (broad SMARTS) is 1. The van der Waals surface area contributed by atoms with E-state index in [-0.39, 0.29) is 5.56 Å². The van der Waals surface area contributed by atoms with Crippen LogP contribution in [0.1, 0.15) is 29.6 Å². The van der Waals surface area contributed by atoms with E-state index in [9.17, 15) is 4.79 Å². The summed E-state index contributed by atoms with van der Waals surface area (Å²) in [6, 6.07) is 6.41. The number of ether oxygens (including phenoxy) is 1. The maximum atomic E-state index is 10.7. The molecule has 1 aromatic rings. The summed E-state index contributed by atoms with van der Waals surface area (Å²) >= 11 is 0. The highest BCUT2D eigenvalue weighted by Gasteiger charge is 2.06. The molecule has 0 heterocycles. The molecule has 0 atom stereocenters. The predicted molar refractivity (Wildman–Crippen MR) is 62.8 cm³/mol. The largest absolute Gasteiger partial charge is 0.491 e. The van der Waals surface area contributed by atoms with E-state index in [4.69, 9.17) is 20.8 Å². The molecule has 0 saturated carbocycles. The summed E-state index contributed by atoms with van der Waals surface area (Å²) in [4.78, 5) is 10.7. The van der Waals surface area contributed by atoms with Gasteiger partial charge in [-0.25, -0.2) is 4.79 Å². The van der Waals surface area contributed by atoms with E-state index in [1.165, 1.54) is 12.1 Å². The molecule has 0 radical (unpaired) electrons. The van der Waals surface area contributed by atoms with Gasteiger partial charge in [0.05, 0.1) is 23.9 Å². The first-order chi connectivity index (χ1) is 8.15. The average Bonchev–Trinajstić information content (AvgIpc) is 2.30. The summed E-state index contributed by atoms with van der Waals surface area (Å²) in [5, 5.41) is 17.1. The van der Waals surface area contributed by atoms with Gasteiger partial charge >= 0.3 is 5.97 Å². The molecule has 1 aromatic carbocycles. The molecule has 0 unspecified atom stereocenters. The van der Waals surface area contributed by atoms with Gasteiger partial charge in [0.2, 0.25) is 0 Å². The zero-order valence-corrected chi connectivity index (χ0v) is 9.35. The molecule has 1 rings (SSSR count). The van der Waals surface area contributed by atoms with Crippen molar-refractivity contribution in [1.29, 1.82) is 5.26 Å². The number of unbranched alkanes of at least 4 members (excludes halogenated alkanes) is 2. The van der Waals surface area contributed by atoms with Gasteiger partial charge in [0.15, 0.2) is 0 Å². The number of anilines is 1. The van der Waals surface area contributed by atoms with Gasteiger partial charge in [-0.05, 0) is 31.0 Å². The Labute approximate surface area is 99.4 Å². The fraction of sp³-hybridized carbons (Fsp3) is 0.333. The lowest BCUT2D eigenvalue weighted by molar-refractivity contribution is 0.0697. The predicted octanol–water partition coefficient (Wildman–Crippen LogP) is 2.04. The van der Waals surface area contributed by atoms with Gasteiger partial charge in [0, 0.05) is 6.42 Å². The summed E-state index contributed by atoms with van der Waals surface area (Å²) in [7, 11) is 0. The third-order valence-corrected chi connectivity index (χ3v) is 2.20. The molecule has 0 aromatic heterocycles. The molecule has 0 spiro atoms. The van der Waals surface area contributed by atoms with Gasteiger partial charge in [0.25, 0.3) is 0 Å². The Hall–Kier alpha value is -2.22. The summed E-state index contributed by atoms with van der Waals surface area (Å²) in [5.41, 5.74) is 6.11. The zero-order chi connectivity index (χ0) is 12.7. The molecular weight excluding hydrogens is 220 g/mol. The normalized spacial score (nSPS) is 9.59. The highest BCUT2D eigenvalue weighted by molar-refractivity contribution is 5.89. The number of nitrogens with zero attached hydrogens (tertiary/aromatic N) is 1. The maximum Gasteiger partial charge on any atom is 0.335 e. The fourth-order valence-electron chi connectivity index (χ4n) is 1.30. The van der Waals surface area contributed by atoms with Crippen molar-refractivity contribution in [3.63, 3.8) is 0 Å². The molecule has 0 aliphatic carbocycles. The summed E-state index contributed by atoms with van der Waals surface area (Å²) in [6.45, 7) is 0.471. The van der Waals surface area contributed by atoms with Crippen LogP contribution < -0.4 is 10.5 Å². The SMILES string of the molecule is N#CCCCCOc1ccc(C(=O)O)cc1N. The lowest BCUT2D eigenvalue weighted by Crippen LogP contribution is -2.03. The monoisotopic (exact) mass is 234 g/mol. The van der Waals surface area contributed by atoms with Crippen molar-refractivity contribution in [3.8, 4) is 11.8 Å². The molecular formula is C12H14N2O3. The van der Waals surface area contributed by atoms with Crippen molar-refractivity contribution in [2.24, 2.45) is 0 Å². The van der Waals surface area contributed by atoms with Crippen LogP contribution in [0.15, 0.2) is 18.2 Å². The molecule has 0 aliphatic rings. The number of nitrogen functional groups attached to an aromatic ring is 1. The van der Waals surface area contributed by atoms with Crippen LogP contribution in [-0.4, -0.2) is 17.7 Å². The van der Waals surface area contributed by atoms with Gasteiger partial charge in [-0.1, -0.05) is 0 Å². The second-order valence-corrected chi connectivity index (χ2v) is 3.52. The van der Waals surface area contributed by atoms with Crippen LogP contribution in [0.2, 0.25) is 0 Å². The smallest absolute Gasteiger partial charge is 0.335 e. The van der Waals surface area contributed by atoms with Crippen LogP contribution in [0.4, 0.5) is 5.69 Å². The minimum absolute atomic E-state index is 0.138. The van der Waals surface area contributed by atoms with E-state index in [1.807, 2.05) is 0 Å². The quantitative estimate of drug-likeness (QED) is 0.580. The van der Waals surface area contributed by atoms with Crippen LogP contribution in [0.5, 0.6) is 5.75 Å². The Kier molecular flexibility index (Phi) is 4.82. The number of carboxylic acids is 1. The first-order valence-corrected chi connectivity index (χ1v) is 5.27. The molecule has 5 nitrogen and oxygen atoms in total. The number of hydrogen-bond donors (Lipinski definition) is 2. The first kappa shape index (κ1) is 12.8. The van der Waals surface area contributed by atoms with Gasteiger partial charge in [-0.2, -0.15) is 5.26 Å². The number of benzene rings is 1. The second kappa shape index (κ2) is 6.38. The lowest BCUT2D eigenvalue weighted by Gasteiger charge is -2.08. The van der Waals surface area contributed by atoms with Crippen molar-refractivity contribution in [1.82, 2.24) is 0 Å². The minimum atomic E-state index is -1.02. The topological polar surface area (TPSA) is 96.3 Å². The Morgan fingerprint density at radius 1 is 1.47 bits per heavy atom.